The Bertz CT molecular complexity index is 591. The number of benzene rings is 1. The van der Waals surface area contributed by atoms with Crippen molar-refractivity contribution in [3.63, 3.8) is 0 Å². The summed E-state index contributed by atoms with van der Waals surface area (Å²) >= 11 is 0. The zero-order valence-electron chi connectivity index (χ0n) is 12.0. The lowest BCUT2D eigenvalue weighted by Crippen LogP contribution is -2.31. The van der Waals surface area contributed by atoms with Gasteiger partial charge in [0.15, 0.2) is 11.9 Å². The molecule has 1 aliphatic heterocycles. The molecule has 0 fully saturated rings. The van der Waals surface area contributed by atoms with Gasteiger partial charge in [-0.3, -0.25) is 4.79 Å². The largest absolute Gasteiger partial charge is 0.508 e. The third-order valence-corrected chi connectivity index (χ3v) is 2.57. The minimum atomic E-state index is -1.42. The Hall–Kier alpha value is -2.78. The molecular formula is C14H16O9. The van der Waals surface area contributed by atoms with E-state index < -0.39 is 36.3 Å². The monoisotopic (exact) mass is 328 g/mol. The molecule has 0 saturated carbocycles. The average Bonchev–Trinajstić information content (AvgIpc) is 2.77. The predicted molar refractivity (Wildman–Crippen MR) is 74.7 cm³/mol. The summed E-state index contributed by atoms with van der Waals surface area (Å²) in [4.78, 5) is 20.9. The van der Waals surface area contributed by atoms with E-state index in [9.17, 15) is 9.59 Å². The smallest absolute Gasteiger partial charge is 0.377 e. The van der Waals surface area contributed by atoms with Crippen LogP contribution in [0.5, 0.6) is 11.5 Å². The first kappa shape index (κ1) is 18.3. The molecule has 2 rings (SSSR count). The van der Waals surface area contributed by atoms with E-state index >= 15 is 0 Å². The summed E-state index contributed by atoms with van der Waals surface area (Å²) in [5.41, 5.74) is 0. The van der Waals surface area contributed by atoms with E-state index in [1.54, 1.807) is 0 Å². The fraction of sp³-hybridized carbons (Fsp3) is 0.286. The van der Waals surface area contributed by atoms with Gasteiger partial charge in [-0.2, -0.15) is 0 Å². The van der Waals surface area contributed by atoms with E-state index in [2.05, 4.69) is 4.74 Å². The number of carbonyl (C=O) groups is 2. The van der Waals surface area contributed by atoms with Crippen LogP contribution >= 0.6 is 0 Å². The van der Waals surface area contributed by atoms with Crippen LogP contribution in [-0.4, -0.2) is 56.3 Å². The number of esters is 2. The van der Waals surface area contributed by atoms with Crippen LogP contribution in [0.4, 0.5) is 0 Å². The van der Waals surface area contributed by atoms with E-state index in [0.29, 0.717) is 5.75 Å². The summed E-state index contributed by atoms with van der Waals surface area (Å²) in [5, 5.41) is 43.9. The number of aliphatic hydroxyl groups excluding tert-OH is 4. The van der Waals surface area contributed by atoms with Gasteiger partial charge in [0.05, 0.1) is 6.61 Å². The van der Waals surface area contributed by atoms with Crippen molar-refractivity contribution >= 4 is 11.9 Å². The number of phenolic OH excluding ortho intramolecular Hbond substituents is 1. The topological polar surface area (TPSA) is 154 Å². The Balaban J connectivity index is 0.000000231. The lowest BCUT2D eigenvalue weighted by molar-refractivity contribution is -0.147. The van der Waals surface area contributed by atoms with Crippen molar-refractivity contribution in [3.05, 3.63) is 35.8 Å². The molecule has 1 aliphatic rings. The Morgan fingerprint density at radius 3 is 2.22 bits per heavy atom. The van der Waals surface area contributed by atoms with Gasteiger partial charge in [0, 0.05) is 6.92 Å². The third-order valence-electron chi connectivity index (χ3n) is 2.57. The molecule has 0 radical (unpaired) electrons. The van der Waals surface area contributed by atoms with Crippen LogP contribution in [0.3, 0.4) is 0 Å². The number of ether oxygens (including phenoxy) is 2. The highest BCUT2D eigenvalue weighted by molar-refractivity contribution is 5.89. The van der Waals surface area contributed by atoms with E-state index in [-0.39, 0.29) is 11.7 Å². The van der Waals surface area contributed by atoms with Gasteiger partial charge in [-0.25, -0.2) is 4.79 Å². The number of cyclic esters (lactones) is 1. The fourth-order valence-corrected chi connectivity index (χ4v) is 1.50. The van der Waals surface area contributed by atoms with Gasteiger partial charge in [0.2, 0.25) is 5.76 Å². The predicted octanol–water partition coefficient (Wildman–Crippen LogP) is -0.0899. The first-order valence-electron chi connectivity index (χ1n) is 6.35. The standard InChI is InChI=1S/C8H8O3.C6H8O6/c1-6(9)11-8-4-2-7(10)3-5-8;7-1-2(8)5-3(9)4(10)6(11)12-5/h2-5,10H,1H3;2,5,7-10H,1H2/t;2-,5+/m.0/s1. The van der Waals surface area contributed by atoms with Gasteiger partial charge < -0.3 is 35.0 Å². The van der Waals surface area contributed by atoms with Crippen molar-refractivity contribution in [1.29, 1.82) is 0 Å². The third kappa shape index (κ3) is 5.16. The summed E-state index contributed by atoms with van der Waals surface area (Å²) < 4.78 is 9.03. The van der Waals surface area contributed by atoms with Gasteiger partial charge in [-0.1, -0.05) is 0 Å². The average molecular weight is 328 g/mol. The maximum atomic E-state index is 10.5. The van der Waals surface area contributed by atoms with E-state index in [0.717, 1.165) is 0 Å². The van der Waals surface area contributed by atoms with Crippen LogP contribution in [0.2, 0.25) is 0 Å². The molecule has 23 heavy (non-hydrogen) atoms. The van der Waals surface area contributed by atoms with Crippen molar-refractivity contribution in [2.24, 2.45) is 0 Å². The Kier molecular flexibility index (Phi) is 6.36. The Labute approximate surface area is 130 Å². The second-order valence-electron chi connectivity index (χ2n) is 4.40. The maximum absolute atomic E-state index is 10.5. The van der Waals surface area contributed by atoms with Gasteiger partial charge in [-0.05, 0) is 24.3 Å². The van der Waals surface area contributed by atoms with Crippen LogP contribution in [0.25, 0.3) is 0 Å². The van der Waals surface area contributed by atoms with Gasteiger partial charge in [0.25, 0.3) is 0 Å². The normalized spacial score (nSPS) is 17.9. The van der Waals surface area contributed by atoms with Crippen molar-refractivity contribution in [1.82, 2.24) is 0 Å². The number of hydrogen-bond acceptors (Lipinski definition) is 9. The van der Waals surface area contributed by atoms with Crippen LogP contribution in [0.1, 0.15) is 6.92 Å². The number of aliphatic hydroxyl groups is 4. The zero-order valence-corrected chi connectivity index (χ0v) is 12.0. The molecule has 0 saturated heterocycles. The van der Waals surface area contributed by atoms with E-state index in [1.165, 1.54) is 31.2 Å². The minimum absolute atomic E-state index is 0.154. The molecule has 0 aromatic heterocycles. The highest BCUT2D eigenvalue weighted by Gasteiger charge is 2.38. The SMILES string of the molecule is CC(=O)Oc1ccc(O)cc1.O=C1O[C@H]([C@@H](O)CO)C(O)=C1O. The number of phenols is 1. The molecule has 2 atom stereocenters. The quantitative estimate of drug-likeness (QED) is 0.378. The molecule has 9 nitrogen and oxygen atoms in total. The zero-order chi connectivity index (χ0) is 17.6. The van der Waals surface area contributed by atoms with Gasteiger partial charge >= 0.3 is 11.9 Å². The van der Waals surface area contributed by atoms with Crippen LogP contribution in [0.15, 0.2) is 35.8 Å². The molecule has 0 amide bonds. The molecule has 0 spiro atoms. The summed E-state index contributed by atoms with van der Waals surface area (Å²) in [7, 11) is 0. The molecule has 0 bridgehead atoms. The highest BCUT2D eigenvalue weighted by atomic mass is 16.6. The van der Waals surface area contributed by atoms with Gasteiger partial charge in [0.1, 0.15) is 17.6 Å². The molecule has 126 valence electrons. The van der Waals surface area contributed by atoms with Crippen molar-refractivity contribution in [2.75, 3.05) is 6.61 Å². The van der Waals surface area contributed by atoms with Crippen molar-refractivity contribution < 1.29 is 44.6 Å². The van der Waals surface area contributed by atoms with E-state index in [4.69, 9.17) is 30.3 Å². The van der Waals surface area contributed by atoms with Gasteiger partial charge in [-0.15, -0.1) is 0 Å². The Morgan fingerprint density at radius 1 is 1.26 bits per heavy atom. The molecule has 1 aromatic carbocycles. The lowest BCUT2D eigenvalue weighted by atomic mass is 10.2. The molecule has 0 unspecified atom stereocenters. The van der Waals surface area contributed by atoms with Crippen LogP contribution in [0, 0.1) is 0 Å². The molecular weight excluding hydrogens is 312 g/mol. The number of carbonyl (C=O) groups excluding carboxylic acids is 2. The molecule has 9 heteroatoms. The molecule has 1 aromatic rings. The number of aromatic hydroxyl groups is 1. The second-order valence-corrected chi connectivity index (χ2v) is 4.40. The first-order valence-corrected chi connectivity index (χ1v) is 6.35. The fourth-order valence-electron chi connectivity index (χ4n) is 1.50. The van der Waals surface area contributed by atoms with Crippen molar-refractivity contribution in [3.8, 4) is 11.5 Å². The summed E-state index contributed by atoms with van der Waals surface area (Å²) in [6.07, 6.45) is -2.78. The van der Waals surface area contributed by atoms with Crippen molar-refractivity contribution in [2.45, 2.75) is 19.1 Å². The minimum Gasteiger partial charge on any atom is -0.508 e. The molecule has 0 aliphatic carbocycles. The molecule has 1 heterocycles. The number of rotatable bonds is 3. The summed E-state index contributed by atoms with van der Waals surface area (Å²) in [6, 6.07) is 5.96. The Morgan fingerprint density at radius 2 is 1.83 bits per heavy atom. The molecule has 5 N–H and O–H groups in total. The lowest BCUT2D eigenvalue weighted by Gasteiger charge is -2.13. The maximum Gasteiger partial charge on any atom is 0.377 e. The highest BCUT2D eigenvalue weighted by Crippen LogP contribution is 2.20. The summed E-state index contributed by atoms with van der Waals surface area (Å²) in [6.45, 7) is 0.655. The number of hydrogen-bond donors (Lipinski definition) is 5. The van der Waals surface area contributed by atoms with Crippen LogP contribution < -0.4 is 4.74 Å². The summed E-state index contributed by atoms with van der Waals surface area (Å²) in [5.74, 6) is -2.55. The van der Waals surface area contributed by atoms with Crippen LogP contribution in [-0.2, 0) is 14.3 Å². The first-order chi connectivity index (χ1) is 10.8. The van der Waals surface area contributed by atoms with E-state index in [1.807, 2.05) is 0 Å². The second kappa shape index (κ2) is 8.01.